The van der Waals surface area contributed by atoms with Gasteiger partial charge in [-0.25, -0.2) is 14.8 Å². The molecule has 2 aromatic heterocycles. The minimum Gasteiger partial charge on any atom is -0.383 e. The Morgan fingerprint density at radius 3 is 2.59 bits per heavy atom. The average molecular weight is 422 g/mol. The Labute approximate surface area is 176 Å². The summed E-state index contributed by atoms with van der Waals surface area (Å²) in [5.74, 6) is 0.475. The molecule has 0 aliphatic heterocycles. The third-order valence-corrected chi connectivity index (χ3v) is 6.19. The number of nitrogens with one attached hydrogen (secondary N) is 2. The lowest BCUT2D eigenvalue weighted by atomic mass is 10.0. The summed E-state index contributed by atoms with van der Waals surface area (Å²) in [5, 5.41) is 6.59. The smallest absolute Gasteiger partial charge is 0.323 e. The third-order valence-electron chi connectivity index (χ3n) is 4.45. The number of thioether (sulfide) groups is 1. The van der Waals surface area contributed by atoms with Crippen LogP contribution in [0, 0.1) is 6.92 Å². The van der Waals surface area contributed by atoms with E-state index in [1.54, 1.807) is 23.1 Å². The van der Waals surface area contributed by atoms with Crippen molar-refractivity contribution in [3.63, 3.8) is 0 Å². The molecular weight excluding hydrogens is 402 g/mol. The molecule has 0 aliphatic carbocycles. The highest BCUT2D eigenvalue weighted by Crippen LogP contribution is 2.39. The highest BCUT2D eigenvalue weighted by atomic mass is 32.2. The Kier molecular flexibility index (Phi) is 5.37. The van der Waals surface area contributed by atoms with E-state index in [4.69, 9.17) is 5.73 Å². The number of fused-ring (bicyclic) bond motifs is 1. The maximum atomic E-state index is 12.3. The summed E-state index contributed by atoms with van der Waals surface area (Å²) in [6, 6.07) is 15.1. The number of nitrogen functional groups attached to an aromatic ring is 1. The Morgan fingerprint density at radius 1 is 1.07 bits per heavy atom. The molecule has 8 heteroatoms. The minimum atomic E-state index is -0.286. The van der Waals surface area contributed by atoms with E-state index in [0.717, 1.165) is 36.8 Å². The number of hydrogen-bond donors (Lipinski definition) is 3. The van der Waals surface area contributed by atoms with Crippen molar-refractivity contribution in [2.75, 3.05) is 22.6 Å². The van der Waals surface area contributed by atoms with Crippen LogP contribution in [0.4, 0.5) is 22.0 Å². The first kappa shape index (κ1) is 19.2. The van der Waals surface area contributed by atoms with Gasteiger partial charge in [-0.2, -0.15) is 0 Å². The van der Waals surface area contributed by atoms with Crippen molar-refractivity contribution in [3.05, 3.63) is 59.7 Å². The number of hydrogen-bond acceptors (Lipinski definition) is 6. The fourth-order valence-corrected chi connectivity index (χ4v) is 4.61. The fraction of sp³-hybridized carbons (Fsp3) is 0.0952. The van der Waals surface area contributed by atoms with Crippen LogP contribution in [0.25, 0.3) is 21.3 Å². The Hall–Kier alpha value is -3.10. The number of aryl methyl sites for hydroxylation is 1. The highest BCUT2D eigenvalue weighted by molar-refractivity contribution is 7.98. The number of rotatable bonds is 4. The fourth-order valence-electron chi connectivity index (χ4n) is 3.13. The molecule has 0 saturated carbocycles. The van der Waals surface area contributed by atoms with Crippen LogP contribution in [0.2, 0.25) is 0 Å². The molecule has 29 heavy (non-hydrogen) atoms. The molecule has 2 amide bonds. The molecule has 4 N–H and O–H groups in total. The van der Waals surface area contributed by atoms with Gasteiger partial charge in [-0.15, -0.1) is 23.1 Å². The van der Waals surface area contributed by atoms with Crippen molar-refractivity contribution in [1.82, 2.24) is 9.97 Å². The van der Waals surface area contributed by atoms with Gasteiger partial charge in [-0.3, -0.25) is 0 Å². The van der Waals surface area contributed by atoms with E-state index in [1.165, 1.54) is 6.33 Å². The van der Waals surface area contributed by atoms with Crippen molar-refractivity contribution < 1.29 is 4.79 Å². The predicted octanol–water partition coefficient (Wildman–Crippen LogP) is 5.61. The Balaban J connectivity index is 1.53. The molecule has 0 fully saturated rings. The summed E-state index contributed by atoms with van der Waals surface area (Å²) in [5.41, 5.74) is 9.58. The van der Waals surface area contributed by atoms with Gasteiger partial charge in [0, 0.05) is 26.7 Å². The van der Waals surface area contributed by atoms with Crippen LogP contribution >= 0.6 is 23.1 Å². The lowest BCUT2D eigenvalue weighted by Crippen LogP contribution is -2.19. The number of nitrogens with two attached hydrogens (primary N) is 1. The average Bonchev–Trinajstić information content (AvgIpc) is 3.06. The second-order valence-electron chi connectivity index (χ2n) is 6.36. The SMILES string of the molecule is CSc1cccc(NC(=O)Nc2ccc(-c3c(C)sc4ncnc(N)c34)cc2)c1. The predicted molar refractivity (Wildman–Crippen MR) is 123 cm³/mol. The zero-order valence-corrected chi connectivity index (χ0v) is 17.5. The minimum absolute atomic E-state index is 0.286. The van der Waals surface area contributed by atoms with E-state index in [9.17, 15) is 4.79 Å². The van der Waals surface area contributed by atoms with Gasteiger partial charge in [0.1, 0.15) is 17.0 Å². The molecule has 0 saturated heterocycles. The van der Waals surface area contributed by atoms with Crippen LogP contribution < -0.4 is 16.4 Å². The Bertz CT molecular complexity index is 1190. The number of nitrogens with zero attached hydrogens (tertiary/aromatic N) is 2. The van der Waals surface area contributed by atoms with Crippen molar-refractivity contribution in [2.24, 2.45) is 0 Å². The van der Waals surface area contributed by atoms with Crippen molar-refractivity contribution >= 4 is 56.5 Å². The van der Waals surface area contributed by atoms with Gasteiger partial charge in [-0.05, 0) is 49.1 Å². The van der Waals surface area contributed by atoms with Crippen molar-refractivity contribution in [1.29, 1.82) is 0 Å². The van der Waals surface area contributed by atoms with E-state index < -0.39 is 0 Å². The molecule has 146 valence electrons. The first-order valence-electron chi connectivity index (χ1n) is 8.87. The number of urea groups is 1. The molecule has 4 aromatic rings. The van der Waals surface area contributed by atoms with Gasteiger partial charge in [0.2, 0.25) is 0 Å². The highest BCUT2D eigenvalue weighted by Gasteiger charge is 2.15. The normalized spacial score (nSPS) is 10.8. The summed E-state index contributed by atoms with van der Waals surface area (Å²) in [7, 11) is 0. The third kappa shape index (κ3) is 4.03. The number of carbonyl (C=O) groups excluding carboxylic acids is 1. The molecule has 2 heterocycles. The molecule has 0 aliphatic rings. The first-order chi connectivity index (χ1) is 14.0. The molecule has 2 aromatic carbocycles. The van der Waals surface area contributed by atoms with Gasteiger partial charge < -0.3 is 16.4 Å². The molecule has 0 atom stereocenters. The summed E-state index contributed by atoms with van der Waals surface area (Å²) in [6.07, 6.45) is 3.48. The van der Waals surface area contributed by atoms with E-state index in [1.807, 2.05) is 61.7 Å². The second-order valence-corrected chi connectivity index (χ2v) is 8.44. The number of thiophene rings is 1. The van der Waals surface area contributed by atoms with Gasteiger partial charge in [0.05, 0.1) is 5.39 Å². The van der Waals surface area contributed by atoms with E-state index >= 15 is 0 Å². The Morgan fingerprint density at radius 2 is 1.83 bits per heavy atom. The number of carbonyl (C=O) groups is 1. The molecule has 0 spiro atoms. The van der Waals surface area contributed by atoms with Gasteiger partial charge in [0.15, 0.2) is 0 Å². The largest absolute Gasteiger partial charge is 0.383 e. The molecule has 6 nitrogen and oxygen atoms in total. The van der Waals surface area contributed by atoms with Crippen LogP contribution in [0.3, 0.4) is 0 Å². The van der Waals surface area contributed by atoms with Crippen LogP contribution in [-0.4, -0.2) is 22.3 Å². The van der Waals surface area contributed by atoms with Gasteiger partial charge in [0.25, 0.3) is 0 Å². The quantitative estimate of drug-likeness (QED) is 0.372. The monoisotopic (exact) mass is 421 g/mol. The van der Waals surface area contributed by atoms with Crippen molar-refractivity contribution in [3.8, 4) is 11.1 Å². The number of anilines is 3. The van der Waals surface area contributed by atoms with E-state index in [2.05, 4.69) is 20.6 Å². The van der Waals surface area contributed by atoms with Gasteiger partial charge >= 0.3 is 6.03 Å². The summed E-state index contributed by atoms with van der Waals surface area (Å²) < 4.78 is 0. The standard InChI is InChI=1S/C21H19N5OS2/c1-12-17(18-19(22)23-11-24-20(18)29-12)13-6-8-14(9-7-13)25-21(27)26-15-4-3-5-16(10-15)28-2/h3-11H,1-2H3,(H2,22,23,24)(H2,25,26,27). The first-order valence-corrected chi connectivity index (χ1v) is 10.9. The molecule has 0 unspecified atom stereocenters. The van der Waals surface area contributed by atoms with Crippen LogP contribution in [-0.2, 0) is 0 Å². The number of amides is 2. The number of benzene rings is 2. The van der Waals surface area contributed by atoms with Crippen LogP contribution in [0.5, 0.6) is 0 Å². The number of aromatic nitrogens is 2. The van der Waals surface area contributed by atoms with Crippen LogP contribution in [0.15, 0.2) is 59.8 Å². The summed E-state index contributed by atoms with van der Waals surface area (Å²) >= 11 is 3.22. The summed E-state index contributed by atoms with van der Waals surface area (Å²) in [4.78, 5) is 23.8. The zero-order chi connectivity index (χ0) is 20.4. The maximum Gasteiger partial charge on any atom is 0.323 e. The zero-order valence-electron chi connectivity index (χ0n) is 15.9. The van der Waals surface area contributed by atoms with Crippen molar-refractivity contribution in [2.45, 2.75) is 11.8 Å². The van der Waals surface area contributed by atoms with Gasteiger partial charge in [-0.1, -0.05) is 18.2 Å². The lowest BCUT2D eigenvalue weighted by Gasteiger charge is -2.10. The molecule has 4 rings (SSSR count). The topological polar surface area (TPSA) is 92.9 Å². The second kappa shape index (κ2) is 8.10. The van der Waals surface area contributed by atoms with Crippen LogP contribution in [0.1, 0.15) is 4.88 Å². The maximum absolute atomic E-state index is 12.3. The molecular formula is C21H19N5OS2. The van der Waals surface area contributed by atoms with E-state index in [-0.39, 0.29) is 6.03 Å². The molecule has 0 radical (unpaired) electrons. The summed E-state index contributed by atoms with van der Waals surface area (Å²) in [6.45, 7) is 2.05. The van der Waals surface area contributed by atoms with E-state index in [0.29, 0.717) is 11.5 Å². The lowest BCUT2D eigenvalue weighted by molar-refractivity contribution is 0.262. The molecule has 0 bridgehead atoms.